The first-order valence-corrected chi connectivity index (χ1v) is 6.00. The van der Waals surface area contributed by atoms with Gasteiger partial charge in [-0.3, -0.25) is 5.41 Å². The maximum atomic E-state index is 7.27. The summed E-state index contributed by atoms with van der Waals surface area (Å²) in [5, 5.41) is 7.27. The lowest BCUT2D eigenvalue weighted by Gasteiger charge is -2.19. The second-order valence-corrected chi connectivity index (χ2v) is 4.85. The van der Waals surface area contributed by atoms with Gasteiger partial charge in [-0.15, -0.1) is 0 Å². The van der Waals surface area contributed by atoms with Crippen molar-refractivity contribution < 1.29 is 4.74 Å². The summed E-state index contributed by atoms with van der Waals surface area (Å²) in [7, 11) is 0. The molecule has 0 saturated heterocycles. The predicted octanol–water partition coefficient (Wildman–Crippen LogP) is 3.21. The maximum absolute atomic E-state index is 7.27. The average Bonchev–Trinajstić information content (AvgIpc) is 2.15. The quantitative estimate of drug-likeness (QED) is 0.607. The van der Waals surface area contributed by atoms with Crippen molar-refractivity contribution in [2.24, 2.45) is 5.73 Å². The maximum Gasteiger partial charge on any atom is 0.123 e. The third-order valence-electron chi connectivity index (χ3n) is 2.63. The van der Waals surface area contributed by atoms with Crippen molar-refractivity contribution >= 4 is 5.84 Å². The van der Waals surface area contributed by atoms with Crippen molar-refractivity contribution in [3.05, 3.63) is 29.3 Å². The Hall–Kier alpha value is -1.51. The highest BCUT2D eigenvalue weighted by Crippen LogP contribution is 2.28. The molecule has 0 spiro atoms. The molecule has 3 N–H and O–H groups in total. The van der Waals surface area contributed by atoms with E-state index in [0.717, 1.165) is 5.75 Å². The molecule has 0 aliphatic heterocycles. The summed E-state index contributed by atoms with van der Waals surface area (Å²) in [6, 6.07) is 6.25. The Morgan fingerprint density at radius 3 is 2.53 bits per heavy atom. The standard InChI is InChI=1S/C14H22N2O/c1-9(2)12-6-5-10(3)7-13(12)17-11(4)8-14(15)16/h5-7,9,11H,8H2,1-4H3,(H3,15,16). The topological polar surface area (TPSA) is 59.1 Å². The Balaban J connectivity index is 2.88. The summed E-state index contributed by atoms with van der Waals surface area (Å²) in [6.45, 7) is 8.28. The monoisotopic (exact) mass is 234 g/mol. The molecule has 0 aliphatic carbocycles. The van der Waals surface area contributed by atoms with E-state index in [1.165, 1.54) is 11.1 Å². The molecule has 0 aliphatic rings. The first kappa shape index (κ1) is 13.6. The minimum atomic E-state index is -0.0631. The minimum Gasteiger partial charge on any atom is -0.490 e. The van der Waals surface area contributed by atoms with Crippen molar-refractivity contribution in [1.82, 2.24) is 0 Å². The van der Waals surface area contributed by atoms with Gasteiger partial charge < -0.3 is 10.5 Å². The highest BCUT2D eigenvalue weighted by atomic mass is 16.5. The van der Waals surface area contributed by atoms with Crippen molar-refractivity contribution in [2.75, 3.05) is 0 Å². The van der Waals surface area contributed by atoms with Crippen molar-refractivity contribution in [1.29, 1.82) is 5.41 Å². The van der Waals surface area contributed by atoms with Crippen LogP contribution in [0.2, 0.25) is 0 Å². The molecule has 0 aromatic heterocycles. The molecule has 0 heterocycles. The zero-order valence-corrected chi connectivity index (χ0v) is 11.1. The number of nitrogens with two attached hydrogens (primary N) is 1. The Kier molecular flexibility index (Phi) is 4.55. The van der Waals surface area contributed by atoms with Crippen LogP contribution in [0.1, 0.15) is 44.2 Å². The smallest absolute Gasteiger partial charge is 0.123 e. The van der Waals surface area contributed by atoms with Crippen molar-refractivity contribution in [3.63, 3.8) is 0 Å². The van der Waals surface area contributed by atoms with Gasteiger partial charge in [0.1, 0.15) is 11.9 Å². The number of hydrogen-bond donors (Lipinski definition) is 2. The number of benzene rings is 1. The van der Waals surface area contributed by atoms with E-state index < -0.39 is 0 Å². The lowest BCUT2D eigenvalue weighted by molar-refractivity contribution is 0.226. The van der Waals surface area contributed by atoms with Gasteiger partial charge in [0, 0.05) is 6.42 Å². The van der Waals surface area contributed by atoms with Crippen molar-refractivity contribution in [3.8, 4) is 5.75 Å². The van der Waals surface area contributed by atoms with Gasteiger partial charge in [-0.25, -0.2) is 0 Å². The van der Waals surface area contributed by atoms with Crippen LogP contribution in [0.4, 0.5) is 0 Å². The van der Waals surface area contributed by atoms with Crippen LogP contribution >= 0.6 is 0 Å². The predicted molar refractivity (Wildman–Crippen MR) is 71.9 cm³/mol. The Labute approximate surface area is 103 Å². The highest BCUT2D eigenvalue weighted by Gasteiger charge is 2.12. The van der Waals surface area contributed by atoms with Crippen LogP contribution in [-0.4, -0.2) is 11.9 Å². The van der Waals surface area contributed by atoms with E-state index in [0.29, 0.717) is 12.3 Å². The van der Waals surface area contributed by atoms with Crippen LogP contribution in [0.15, 0.2) is 18.2 Å². The molecular weight excluding hydrogens is 212 g/mol. The molecule has 0 bridgehead atoms. The molecule has 0 saturated carbocycles. The molecule has 0 radical (unpaired) electrons. The molecule has 17 heavy (non-hydrogen) atoms. The average molecular weight is 234 g/mol. The zero-order chi connectivity index (χ0) is 13.0. The van der Waals surface area contributed by atoms with Crippen LogP contribution in [0.5, 0.6) is 5.75 Å². The summed E-state index contributed by atoms with van der Waals surface area (Å²) in [5.41, 5.74) is 7.76. The van der Waals surface area contributed by atoms with Gasteiger partial charge in [-0.05, 0) is 37.0 Å². The van der Waals surface area contributed by atoms with E-state index >= 15 is 0 Å². The number of ether oxygens (including phenoxy) is 1. The second-order valence-electron chi connectivity index (χ2n) is 4.85. The fraction of sp³-hybridized carbons (Fsp3) is 0.500. The molecular formula is C14H22N2O. The number of hydrogen-bond acceptors (Lipinski definition) is 2. The second kappa shape index (κ2) is 5.71. The lowest BCUT2D eigenvalue weighted by atomic mass is 10.0. The van der Waals surface area contributed by atoms with Gasteiger partial charge in [0.25, 0.3) is 0 Å². The first-order valence-electron chi connectivity index (χ1n) is 6.00. The van der Waals surface area contributed by atoms with E-state index in [-0.39, 0.29) is 11.9 Å². The van der Waals surface area contributed by atoms with Crippen LogP contribution in [0.25, 0.3) is 0 Å². The molecule has 1 atom stereocenters. The van der Waals surface area contributed by atoms with Crippen LogP contribution in [0.3, 0.4) is 0 Å². The fourth-order valence-electron chi connectivity index (χ4n) is 1.79. The van der Waals surface area contributed by atoms with E-state index in [2.05, 4.69) is 26.0 Å². The molecule has 1 aromatic rings. The van der Waals surface area contributed by atoms with Crippen molar-refractivity contribution in [2.45, 2.75) is 46.1 Å². The van der Waals surface area contributed by atoms with E-state index in [1.54, 1.807) is 0 Å². The normalized spacial score (nSPS) is 12.5. The van der Waals surface area contributed by atoms with E-state index in [4.69, 9.17) is 15.9 Å². The van der Waals surface area contributed by atoms with Gasteiger partial charge in [0.2, 0.25) is 0 Å². The van der Waals surface area contributed by atoms with Crippen LogP contribution < -0.4 is 10.5 Å². The summed E-state index contributed by atoms with van der Waals surface area (Å²) in [6.07, 6.45) is 0.401. The van der Waals surface area contributed by atoms with Gasteiger partial charge in [-0.2, -0.15) is 0 Å². The third-order valence-corrected chi connectivity index (χ3v) is 2.63. The third kappa shape index (κ3) is 4.10. The Morgan fingerprint density at radius 2 is 2.00 bits per heavy atom. The molecule has 3 nitrogen and oxygen atoms in total. The minimum absolute atomic E-state index is 0.0631. The molecule has 94 valence electrons. The zero-order valence-electron chi connectivity index (χ0n) is 11.1. The summed E-state index contributed by atoms with van der Waals surface area (Å²) >= 11 is 0. The summed E-state index contributed by atoms with van der Waals surface area (Å²) in [5.74, 6) is 1.50. The molecule has 3 heteroatoms. The first-order chi connectivity index (χ1) is 7.90. The van der Waals surface area contributed by atoms with Gasteiger partial charge in [0.15, 0.2) is 0 Å². The molecule has 1 unspecified atom stereocenters. The molecule has 1 rings (SSSR count). The largest absolute Gasteiger partial charge is 0.490 e. The number of rotatable bonds is 5. The number of aryl methyl sites for hydroxylation is 1. The van der Waals surface area contributed by atoms with Gasteiger partial charge >= 0.3 is 0 Å². The van der Waals surface area contributed by atoms with Gasteiger partial charge in [0.05, 0.1) is 5.84 Å². The SMILES string of the molecule is Cc1ccc(C(C)C)c(OC(C)CC(=N)N)c1. The Morgan fingerprint density at radius 1 is 1.35 bits per heavy atom. The number of nitrogens with one attached hydrogen (secondary N) is 1. The van der Waals surface area contributed by atoms with Crippen LogP contribution in [-0.2, 0) is 0 Å². The van der Waals surface area contributed by atoms with E-state index in [9.17, 15) is 0 Å². The van der Waals surface area contributed by atoms with Crippen LogP contribution in [0, 0.1) is 12.3 Å². The molecule has 0 fully saturated rings. The summed E-state index contributed by atoms with van der Waals surface area (Å²) < 4.78 is 5.88. The Bertz CT molecular complexity index is 399. The summed E-state index contributed by atoms with van der Waals surface area (Å²) in [4.78, 5) is 0. The highest BCUT2D eigenvalue weighted by molar-refractivity contribution is 5.77. The number of amidine groups is 1. The fourth-order valence-corrected chi connectivity index (χ4v) is 1.79. The molecule has 0 amide bonds. The lowest BCUT2D eigenvalue weighted by Crippen LogP contribution is -2.22. The van der Waals surface area contributed by atoms with E-state index in [1.807, 2.05) is 19.9 Å². The molecule has 1 aromatic carbocycles. The van der Waals surface area contributed by atoms with Gasteiger partial charge in [-0.1, -0.05) is 26.0 Å².